The first-order chi connectivity index (χ1) is 8.58. The van der Waals surface area contributed by atoms with Crippen molar-refractivity contribution in [2.75, 3.05) is 13.7 Å². The van der Waals surface area contributed by atoms with E-state index in [0.717, 1.165) is 18.4 Å². The monoisotopic (exact) mass is 250 g/mol. The maximum Gasteiger partial charge on any atom is 0.192 e. The summed E-state index contributed by atoms with van der Waals surface area (Å²) in [5.74, 6) is 0.585. The van der Waals surface area contributed by atoms with Crippen LogP contribution in [-0.2, 0) is 4.74 Å². The second kappa shape index (κ2) is 7.17. The molecule has 0 bridgehead atoms. The van der Waals surface area contributed by atoms with Gasteiger partial charge in [0.05, 0.1) is 18.8 Å². The van der Waals surface area contributed by atoms with Gasteiger partial charge in [0.25, 0.3) is 0 Å². The number of methoxy groups -OCH3 is 1. The fourth-order valence-electron chi connectivity index (χ4n) is 1.81. The predicted molar refractivity (Wildman–Crippen MR) is 72.4 cm³/mol. The molecule has 0 amide bonds. The lowest BCUT2D eigenvalue weighted by Gasteiger charge is -2.12. The van der Waals surface area contributed by atoms with Gasteiger partial charge in [0, 0.05) is 0 Å². The van der Waals surface area contributed by atoms with E-state index in [4.69, 9.17) is 9.47 Å². The van der Waals surface area contributed by atoms with Gasteiger partial charge in [-0.1, -0.05) is 19.4 Å². The third-order valence-electron chi connectivity index (χ3n) is 2.85. The fourth-order valence-corrected chi connectivity index (χ4v) is 1.81. The SMILES string of the molecule is CCCC(C)OCC(=O)c1ccc(C)cc1OC. The smallest absolute Gasteiger partial charge is 0.192 e. The molecule has 1 atom stereocenters. The zero-order chi connectivity index (χ0) is 13.5. The van der Waals surface area contributed by atoms with Gasteiger partial charge in [-0.15, -0.1) is 0 Å². The summed E-state index contributed by atoms with van der Waals surface area (Å²) in [6.07, 6.45) is 2.15. The fraction of sp³-hybridized carbons (Fsp3) is 0.533. The highest BCUT2D eigenvalue weighted by molar-refractivity contribution is 5.99. The Bertz CT molecular complexity index is 399. The third kappa shape index (κ3) is 4.15. The van der Waals surface area contributed by atoms with Gasteiger partial charge >= 0.3 is 0 Å². The molecule has 0 spiro atoms. The maximum atomic E-state index is 12.0. The van der Waals surface area contributed by atoms with E-state index in [2.05, 4.69) is 6.92 Å². The van der Waals surface area contributed by atoms with Crippen LogP contribution in [0, 0.1) is 6.92 Å². The topological polar surface area (TPSA) is 35.5 Å². The van der Waals surface area contributed by atoms with E-state index in [1.54, 1.807) is 13.2 Å². The van der Waals surface area contributed by atoms with Crippen LogP contribution in [0.1, 0.15) is 42.6 Å². The van der Waals surface area contributed by atoms with Gasteiger partial charge in [-0.05, 0) is 38.0 Å². The molecule has 0 saturated heterocycles. The van der Waals surface area contributed by atoms with Gasteiger partial charge < -0.3 is 9.47 Å². The Morgan fingerprint density at radius 3 is 2.72 bits per heavy atom. The summed E-state index contributed by atoms with van der Waals surface area (Å²) < 4.78 is 10.7. The molecule has 100 valence electrons. The van der Waals surface area contributed by atoms with Gasteiger partial charge in [0.15, 0.2) is 5.78 Å². The van der Waals surface area contributed by atoms with Crippen LogP contribution >= 0.6 is 0 Å². The molecular weight excluding hydrogens is 228 g/mol. The highest BCUT2D eigenvalue weighted by Crippen LogP contribution is 2.20. The van der Waals surface area contributed by atoms with Crippen LogP contribution in [0.4, 0.5) is 0 Å². The molecule has 1 rings (SSSR count). The maximum absolute atomic E-state index is 12.0. The summed E-state index contributed by atoms with van der Waals surface area (Å²) >= 11 is 0. The Kier molecular flexibility index (Phi) is 5.86. The van der Waals surface area contributed by atoms with Crippen molar-refractivity contribution in [3.05, 3.63) is 29.3 Å². The lowest BCUT2D eigenvalue weighted by atomic mass is 10.1. The number of Topliss-reactive ketones (excluding diaryl/α,β-unsaturated/α-hetero) is 1. The minimum absolute atomic E-state index is 0.0326. The third-order valence-corrected chi connectivity index (χ3v) is 2.85. The van der Waals surface area contributed by atoms with Crippen LogP contribution in [-0.4, -0.2) is 25.6 Å². The standard InChI is InChI=1S/C15H22O3/c1-5-6-12(3)18-10-14(16)13-8-7-11(2)9-15(13)17-4/h7-9,12H,5-6,10H2,1-4H3. The molecule has 0 aliphatic carbocycles. The van der Waals surface area contributed by atoms with Crippen LogP contribution in [0.25, 0.3) is 0 Å². The molecule has 18 heavy (non-hydrogen) atoms. The van der Waals surface area contributed by atoms with Gasteiger partial charge in [0.1, 0.15) is 12.4 Å². The zero-order valence-electron chi connectivity index (χ0n) is 11.7. The van der Waals surface area contributed by atoms with E-state index in [9.17, 15) is 4.79 Å². The van der Waals surface area contributed by atoms with Crippen molar-refractivity contribution in [1.29, 1.82) is 0 Å². The Labute approximate surface area is 109 Å². The lowest BCUT2D eigenvalue weighted by Crippen LogP contribution is -2.16. The van der Waals surface area contributed by atoms with Crippen molar-refractivity contribution in [2.45, 2.75) is 39.7 Å². The number of ketones is 1. The normalized spacial score (nSPS) is 12.2. The van der Waals surface area contributed by atoms with Crippen molar-refractivity contribution in [2.24, 2.45) is 0 Å². The molecule has 0 fully saturated rings. The van der Waals surface area contributed by atoms with E-state index in [-0.39, 0.29) is 18.5 Å². The molecule has 1 unspecified atom stereocenters. The number of benzene rings is 1. The van der Waals surface area contributed by atoms with Crippen LogP contribution in [0.3, 0.4) is 0 Å². The van der Waals surface area contributed by atoms with Crippen molar-refractivity contribution in [3.63, 3.8) is 0 Å². The van der Waals surface area contributed by atoms with Gasteiger partial charge in [-0.25, -0.2) is 0 Å². The lowest BCUT2D eigenvalue weighted by molar-refractivity contribution is 0.0488. The van der Waals surface area contributed by atoms with Crippen molar-refractivity contribution >= 4 is 5.78 Å². The van der Waals surface area contributed by atoms with E-state index >= 15 is 0 Å². The molecule has 0 aliphatic rings. The Balaban J connectivity index is 2.66. The first kappa shape index (κ1) is 14.7. The summed E-state index contributed by atoms with van der Waals surface area (Å²) in [7, 11) is 1.58. The van der Waals surface area contributed by atoms with Crippen molar-refractivity contribution in [1.82, 2.24) is 0 Å². The molecule has 0 aromatic heterocycles. The van der Waals surface area contributed by atoms with Crippen LogP contribution in [0.2, 0.25) is 0 Å². The number of rotatable bonds is 7. The van der Waals surface area contributed by atoms with E-state index in [1.807, 2.05) is 26.0 Å². The second-order valence-electron chi connectivity index (χ2n) is 4.54. The molecule has 3 heteroatoms. The number of aryl methyl sites for hydroxylation is 1. The number of carbonyl (C=O) groups is 1. The summed E-state index contributed by atoms with van der Waals surface area (Å²) in [4.78, 5) is 12.0. The average molecular weight is 250 g/mol. The van der Waals surface area contributed by atoms with Crippen LogP contribution in [0.5, 0.6) is 5.75 Å². The number of carbonyl (C=O) groups excluding carboxylic acids is 1. The van der Waals surface area contributed by atoms with Gasteiger partial charge in [0.2, 0.25) is 0 Å². The molecular formula is C15H22O3. The highest BCUT2D eigenvalue weighted by Gasteiger charge is 2.13. The number of hydrogen-bond acceptors (Lipinski definition) is 3. The van der Waals surface area contributed by atoms with Crippen LogP contribution in [0.15, 0.2) is 18.2 Å². The Morgan fingerprint density at radius 2 is 2.11 bits per heavy atom. The first-order valence-electron chi connectivity index (χ1n) is 6.38. The van der Waals surface area contributed by atoms with E-state index in [0.29, 0.717) is 11.3 Å². The summed E-state index contributed by atoms with van der Waals surface area (Å²) in [6, 6.07) is 5.57. The molecule has 0 heterocycles. The summed E-state index contributed by atoms with van der Waals surface area (Å²) in [5, 5.41) is 0. The Hall–Kier alpha value is -1.35. The van der Waals surface area contributed by atoms with Gasteiger partial charge in [-0.2, -0.15) is 0 Å². The minimum Gasteiger partial charge on any atom is -0.496 e. The summed E-state index contributed by atoms with van der Waals surface area (Å²) in [5.41, 5.74) is 1.66. The minimum atomic E-state index is -0.0326. The van der Waals surface area contributed by atoms with Crippen molar-refractivity contribution < 1.29 is 14.3 Å². The molecule has 1 aromatic rings. The first-order valence-corrected chi connectivity index (χ1v) is 6.38. The largest absolute Gasteiger partial charge is 0.496 e. The quantitative estimate of drug-likeness (QED) is 0.696. The molecule has 0 saturated carbocycles. The molecule has 0 aliphatic heterocycles. The van der Waals surface area contributed by atoms with Crippen molar-refractivity contribution in [3.8, 4) is 5.75 Å². The molecule has 3 nitrogen and oxygen atoms in total. The van der Waals surface area contributed by atoms with Gasteiger partial charge in [-0.3, -0.25) is 4.79 Å². The number of ether oxygens (including phenoxy) is 2. The molecule has 0 N–H and O–H groups in total. The van der Waals surface area contributed by atoms with Crippen LogP contribution < -0.4 is 4.74 Å². The predicted octanol–water partition coefficient (Wildman–Crippen LogP) is 3.39. The molecule has 0 radical (unpaired) electrons. The average Bonchev–Trinajstić information content (AvgIpc) is 2.36. The van der Waals surface area contributed by atoms with E-state index < -0.39 is 0 Å². The van der Waals surface area contributed by atoms with E-state index in [1.165, 1.54) is 0 Å². The molecule has 1 aromatic carbocycles. The zero-order valence-corrected chi connectivity index (χ0v) is 11.7. The summed E-state index contributed by atoms with van der Waals surface area (Å²) in [6.45, 7) is 6.17. The number of hydrogen-bond donors (Lipinski definition) is 0. The highest BCUT2D eigenvalue weighted by atomic mass is 16.5. The Morgan fingerprint density at radius 1 is 1.39 bits per heavy atom. The second-order valence-corrected chi connectivity index (χ2v) is 4.54.